The zero-order valence-electron chi connectivity index (χ0n) is 11.1. The van der Waals surface area contributed by atoms with Crippen molar-refractivity contribution in [2.45, 2.75) is 6.42 Å². The molecule has 0 bridgehead atoms. The third kappa shape index (κ3) is 4.04. The third-order valence-electron chi connectivity index (χ3n) is 3.04. The first-order chi connectivity index (χ1) is 9.66. The minimum absolute atomic E-state index is 0.0315. The van der Waals surface area contributed by atoms with Gasteiger partial charge in [0, 0.05) is 32.4 Å². The molecule has 0 amide bonds. The number of aromatic nitrogens is 2. The van der Waals surface area contributed by atoms with E-state index in [0.717, 1.165) is 39.3 Å². The highest BCUT2D eigenvalue weighted by molar-refractivity contribution is 5.81. The van der Waals surface area contributed by atoms with Gasteiger partial charge in [-0.1, -0.05) is 0 Å². The zero-order valence-corrected chi connectivity index (χ0v) is 11.1. The fourth-order valence-corrected chi connectivity index (χ4v) is 1.97. The molecule has 0 aliphatic carbocycles. The molecule has 8 heteroatoms. The average molecular weight is 282 g/mol. The van der Waals surface area contributed by atoms with Crippen LogP contribution in [0.15, 0.2) is 14.6 Å². The Bertz CT molecular complexity index is 572. The normalized spacial score (nSPS) is 16.8. The van der Waals surface area contributed by atoms with E-state index in [1.165, 1.54) is 6.21 Å². The lowest BCUT2D eigenvalue weighted by molar-refractivity contribution is 0.0377. The summed E-state index contributed by atoms with van der Waals surface area (Å²) in [7, 11) is 0. The summed E-state index contributed by atoms with van der Waals surface area (Å²) < 4.78 is 5.25. The summed E-state index contributed by atoms with van der Waals surface area (Å²) in [6.45, 7) is 4.88. The smallest absolute Gasteiger partial charge is 0.328 e. The second kappa shape index (κ2) is 7.01. The van der Waals surface area contributed by atoms with Gasteiger partial charge in [0.1, 0.15) is 5.56 Å². The molecule has 8 nitrogen and oxygen atoms in total. The summed E-state index contributed by atoms with van der Waals surface area (Å²) in [5, 5.41) is 9.44. The summed E-state index contributed by atoms with van der Waals surface area (Å²) in [6, 6.07) is 0. The molecule has 1 fully saturated rings. The van der Waals surface area contributed by atoms with Crippen LogP contribution in [0.25, 0.3) is 0 Å². The highest BCUT2D eigenvalue weighted by Gasteiger charge is 2.09. The van der Waals surface area contributed by atoms with Crippen molar-refractivity contribution in [2.24, 2.45) is 4.99 Å². The van der Waals surface area contributed by atoms with Crippen LogP contribution < -0.4 is 11.2 Å². The maximum absolute atomic E-state index is 11.4. The monoisotopic (exact) mass is 282 g/mol. The highest BCUT2D eigenvalue weighted by atomic mass is 16.5. The molecule has 0 atom stereocenters. The van der Waals surface area contributed by atoms with E-state index in [0.29, 0.717) is 6.54 Å². The Hall–Kier alpha value is -1.93. The summed E-state index contributed by atoms with van der Waals surface area (Å²) in [4.78, 5) is 32.8. The first-order valence-corrected chi connectivity index (χ1v) is 6.52. The molecule has 0 saturated carbocycles. The van der Waals surface area contributed by atoms with Gasteiger partial charge in [0.05, 0.1) is 13.2 Å². The lowest BCUT2D eigenvalue weighted by Crippen LogP contribution is -2.37. The minimum atomic E-state index is -0.739. The number of morpholine rings is 1. The minimum Gasteiger partial charge on any atom is -0.494 e. The standard InChI is InChI=1S/C12H18N4O4/c17-10-9(11(18)15-12(19)14-10)8-13-2-1-3-16-4-6-20-7-5-16/h8H,1-7H2,(H3,14,15,17,18,19). The molecule has 1 aromatic heterocycles. The molecule has 2 heterocycles. The molecule has 20 heavy (non-hydrogen) atoms. The van der Waals surface area contributed by atoms with E-state index in [1.807, 2.05) is 4.98 Å². The van der Waals surface area contributed by atoms with Gasteiger partial charge in [-0.3, -0.25) is 24.7 Å². The number of rotatable bonds is 5. The Balaban J connectivity index is 1.81. The number of ether oxygens (including phenoxy) is 1. The largest absolute Gasteiger partial charge is 0.494 e. The van der Waals surface area contributed by atoms with Crippen molar-refractivity contribution in [3.8, 4) is 5.88 Å². The van der Waals surface area contributed by atoms with E-state index in [1.54, 1.807) is 0 Å². The van der Waals surface area contributed by atoms with Gasteiger partial charge in [0.15, 0.2) is 0 Å². The number of nitrogens with zero attached hydrogens (tertiary/aromatic N) is 2. The Kier molecular flexibility index (Phi) is 5.08. The molecule has 0 aromatic carbocycles. The van der Waals surface area contributed by atoms with E-state index >= 15 is 0 Å². The molecule has 0 radical (unpaired) electrons. The Labute approximate surface area is 115 Å². The predicted octanol–water partition coefficient (Wildman–Crippen LogP) is -1.09. The van der Waals surface area contributed by atoms with Crippen LogP contribution in [-0.4, -0.2) is 65.6 Å². The van der Waals surface area contributed by atoms with Gasteiger partial charge >= 0.3 is 5.69 Å². The van der Waals surface area contributed by atoms with Crippen LogP contribution in [0.3, 0.4) is 0 Å². The quantitative estimate of drug-likeness (QED) is 0.469. The molecule has 1 saturated heterocycles. The maximum atomic E-state index is 11.4. The molecule has 110 valence electrons. The number of aromatic hydroxyl groups is 1. The number of hydrogen-bond donors (Lipinski definition) is 3. The Morgan fingerprint density at radius 1 is 1.30 bits per heavy atom. The van der Waals surface area contributed by atoms with Crippen LogP contribution in [-0.2, 0) is 4.74 Å². The summed E-state index contributed by atoms with van der Waals surface area (Å²) in [5.41, 5.74) is -1.42. The first kappa shape index (κ1) is 14.5. The van der Waals surface area contributed by atoms with E-state index in [2.05, 4.69) is 14.9 Å². The maximum Gasteiger partial charge on any atom is 0.328 e. The van der Waals surface area contributed by atoms with E-state index in [9.17, 15) is 14.7 Å². The Morgan fingerprint density at radius 3 is 2.75 bits per heavy atom. The fraction of sp³-hybridized carbons (Fsp3) is 0.583. The highest BCUT2D eigenvalue weighted by Crippen LogP contribution is 2.01. The van der Waals surface area contributed by atoms with Crippen molar-refractivity contribution < 1.29 is 9.84 Å². The predicted molar refractivity (Wildman–Crippen MR) is 73.7 cm³/mol. The average Bonchev–Trinajstić information content (AvgIpc) is 2.42. The van der Waals surface area contributed by atoms with Gasteiger partial charge in [-0.25, -0.2) is 4.79 Å². The molecule has 0 unspecified atom stereocenters. The molecule has 3 N–H and O–H groups in total. The summed E-state index contributed by atoms with van der Waals surface area (Å²) in [5.74, 6) is -0.462. The van der Waals surface area contributed by atoms with Gasteiger partial charge in [-0.05, 0) is 6.42 Å². The van der Waals surface area contributed by atoms with Crippen molar-refractivity contribution in [3.63, 3.8) is 0 Å². The van der Waals surface area contributed by atoms with Crippen LogP contribution in [0.5, 0.6) is 5.88 Å². The van der Waals surface area contributed by atoms with Crippen LogP contribution in [0.1, 0.15) is 12.0 Å². The second-order valence-electron chi connectivity index (χ2n) is 4.51. The van der Waals surface area contributed by atoms with Crippen molar-refractivity contribution in [1.29, 1.82) is 0 Å². The number of nitrogens with one attached hydrogen (secondary N) is 2. The van der Waals surface area contributed by atoms with Gasteiger partial charge in [0.25, 0.3) is 5.56 Å². The van der Waals surface area contributed by atoms with E-state index in [4.69, 9.17) is 4.74 Å². The van der Waals surface area contributed by atoms with E-state index < -0.39 is 17.1 Å². The molecule has 1 aliphatic heterocycles. The summed E-state index contributed by atoms with van der Waals surface area (Å²) in [6.07, 6.45) is 2.14. The molecule has 0 spiro atoms. The number of aromatic amines is 2. The lowest BCUT2D eigenvalue weighted by atomic mass is 10.3. The molecule has 1 aromatic rings. The Morgan fingerprint density at radius 2 is 2.05 bits per heavy atom. The van der Waals surface area contributed by atoms with Crippen LogP contribution in [0.4, 0.5) is 0 Å². The van der Waals surface area contributed by atoms with Crippen molar-refractivity contribution >= 4 is 6.21 Å². The van der Waals surface area contributed by atoms with Crippen LogP contribution in [0, 0.1) is 0 Å². The molecule has 1 aliphatic rings. The van der Waals surface area contributed by atoms with Crippen molar-refractivity contribution in [3.05, 3.63) is 26.4 Å². The summed E-state index contributed by atoms with van der Waals surface area (Å²) >= 11 is 0. The third-order valence-corrected chi connectivity index (χ3v) is 3.04. The molecule has 2 rings (SSSR count). The van der Waals surface area contributed by atoms with Gasteiger partial charge in [-0.15, -0.1) is 0 Å². The van der Waals surface area contributed by atoms with Crippen molar-refractivity contribution in [1.82, 2.24) is 14.9 Å². The lowest BCUT2D eigenvalue weighted by Gasteiger charge is -2.26. The van der Waals surface area contributed by atoms with Gasteiger partial charge in [0.2, 0.25) is 5.88 Å². The second-order valence-corrected chi connectivity index (χ2v) is 4.51. The van der Waals surface area contributed by atoms with Gasteiger partial charge in [-0.2, -0.15) is 0 Å². The SMILES string of the molecule is O=c1[nH]c(O)c(C=NCCCN2CCOCC2)c(=O)[nH]1. The van der Waals surface area contributed by atoms with Crippen molar-refractivity contribution in [2.75, 3.05) is 39.4 Å². The zero-order chi connectivity index (χ0) is 14.4. The topological polar surface area (TPSA) is 111 Å². The molecular formula is C12H18N4O4. The molecular weight excluding hydrogens is 264 g/mol. The van der Waals surface area contributed by atoms with Crippen LogP contribution in [0.2, 0.25) is 0 Å². The van der Waals surface area contributed by atoms with Gasteiger partial charge < -0.3 is 9.84 Å². The van der Waals surface area contributed by atoms with E-state index in [-0.39, 0.29) is 5.56 Å². The first-order valence-electron chi connectivity index (χ1n) is 6.52. The number of H-pyrrole nitrogens is 2. The number of aliphatic imine (C=N–C) groups is 1. The number of hydrogen-bond acceptors (Lipinski definition) is 6. The van der Waals surface area contributed by atoms with Crippen LogP contribution >= 0.6 is 0 Å². The fourth-order valence-electron chi connectivity index (χ4n) is 1.97.